The lowest BCUT2D eigenvalue weighted by Gasteiger charge is -2.33. The molecule has 19 heavy (non-hydrogen) atoms. The predicted octanol–water partition coefficient (Wildman–Crippen LogP) is 4.78. The monoisotopic (exact) mass is 274 g/mol. The fourth-order valence-electron chi connectivity index (χ4n) is 3.62. The second-order valence-electron chi connectivity index (χ2n) is 5.90. The number of thiophene rings is 1. The second-order valence-corrected chi connectivity index (χ2v) is 6.81. The Labute approximate surface area is 119 Å². The summed E-state index contributed by atoms with van der Waals surface area (Å²) in [6, 6.07) is 8.53. The molecule has 102 valence electrons. The number of hydrogen-bond donors (Lipinski definition) is 1. The first-order valence-corrected chi connectivity index (χ1v) is 8.26. The van der Waals surface area contributed by atoms with Crippen LogP contribution in [0.25, 0.3) is 10.1 Å². The molecule has 0 aliphatic heterocycles. The normalized spacial score (nSPS) is 19.9. The molecule has 1 heterocycles. The van der Waals surface area contributed by atoms with Crippen molar-refractivity contribution < 1.29 is 5.11 Å². The molecule has 3 rings (SSSR count). The molecule has 1 unspecified atom stereocenters. The Morgan fingerprint density at radius 3 is 2.74 bits per heavy atom. The number of hydrogen-bond acceptors (Lipinski definition) is 2. The number of benzene rings is 1. The van der Waals surface area contributed by atoms with E-state index >= 15 is 0 Å². The standard InChI is InChI=1S/C17H22OS/c1-2-17(9-5-6-10-17)16(18)11-13-12-19-15-8-4-3-7-14(13)15/h3-4,7-8,12,16,18H,2,5-6,9-11H2,1H3. The van der Waals surface area contributed by atoms with Gasteiger partial charge < -0.3 is 5.11 Å². The summed E-state index contributed by atoms with van der Waals surface area (Å²) in [6.45, 7) is 2.24. The molecule has 0 saturated heterocycles. The maximum Gasteiger partial charge on any atom is 0.0637 e. The van der Waals surface area contributed by atoms with Crippen LogP contribution in [0.5, 0.6) is 0 Å². The van der Waals surface area contributed by atoms with Gasteiger partial charge in [0.05, 0.1) is 6.10 Å². The molecule has 2 aromatic rings. The molecule has 1 fully saturated rings. The van der Waals surface area contributed by atoms with Crippen LogP contribution in [0.3, 0.4) is 0 Å². The third-order valence-corrected chi connectivity index (χ3v) is 6.00. The van der Waals surface area contributed by atoms with E-state index in [-0.39, 0.29) is 11.5 Å². The number of fused-ring (bicyclic) bond motifs is 1. The zero-order chi connectivity index (χ0) is 13.3. The Bertz CT molecular complexity index is 551. The van der Waals surface area contributed by atoms with E-state index in [4.69, 9.17) is 0 Å². The van der Waals surface area contributed by atoms with E-state index in [1.165, 1.54) is 41.3 Å². The number of rotatable bonds is 4. The van der Waals surface area contributed by atoms with E-state index in [1.807, 2.05) is 0 Å². The highest BCUT2D eigenvalue weighted by molar-refractivity contribution is 7.17. The van der Waals surface area contributed by atoms with E-state index in [9.17, 15) is 5.11 Å². The lowest BCUT2D eigenvalue weighted by Crippen LogP contribution is -2.33. The Balaban J connectivity index is 1.84. The van der Waals surface area contributed by atoms with Gasteiger partial charge in [0, 0.05) is 11.1 Å². The van der Waals surface area contributed by atoms with E-state index in [1.54, 1.807) is 11.3 Å². The zero-order valence-electron chi connectivity index (χ0n) is 11.6. The highest BCUT2D eigenvalue weighted by Crippen LogP contribution is 2.45. The Hall–Kier alpha value is -0.860. The van der Waals surface area contributed by atoms with E-state index in [2.05, 4.69) is 36.6 Å². The van der Waals surface area contributed by atoms with E-state index in [0.29, 0.717) is 0 Å². The molecule has 0 bridgehead atoms. The highest BCUT2D eigenvalue weighted by atomic mass is 32.1. The van der Waals surface area contributed by atoms with Gasteiger partial charge in [0.1, 0.15) is 0 Å². The quantitative estimate of drug-likeness (QED) is 0.851. The molecule has 1 aliphatic carbocycles. The highest BCUT2D eigenvalue weighted by Gasteiger charge is 2.38. The molecular formula is C17H22OS. The van der Waals surface area contributed by atoms with Gasteiger partial charge in [-0.25, -0.2) is 0 Å². The van der Waals surface area contributed by atoms with E-state index in [0.717, 1.165) is 12.8 Å². The van der Waals surface area contributed by atoms with Crippen LogP contribution in [0.2, 0.25) is 0 Å². The van der Waals surface area contributed by atoms with Gasteiger partial charge in [0.25, 0.3) is 0 Å². The van der Waals surface area contributed by atoms with Crippen LogP contribution in [0.15, 0.2) is 29.6 Å². The van der Waals surface area contributed by atoms with Crippen molar-refractivity contribution in [2.45, 2.75) is 51.6 Å². The van der Waals surface area contributed by atoms with Gasteiger partial charge in [-0.3, -0.25) is 0 Å². The summed E-state index contributed by atoms with van der Waals surface area (Å²) >= 11 is 1.79. The van der Waals surface area contributed by atoms with Gasteiger partial charge in [0.2, 0.25) is 0 Å². The first kappa shape index (κ1) is 13.1. The van der Waals surface area contributed by atoms with E-state index < -0.39 is 0 Å². The Kier molecular flexibility index (Phi) is 3.64. The van der Waals surface area contributed by atoms with Crippen LogP contribution in [-0.4, -0.2) is 11.2 Å². The van der Waals surface area contributed by atoms with Crippen LogP contribution in [0.4, 0.5) is 0 Å². The SMILES string of the molecule is CCC1(C(O)Cc2csc3ccccc23)CCCC1. The van der Waals surface area contributed by atoms with Crippen molar-refractivity contribution in [3.63, 3.8) is 0 Å². The summed E-state index contributed by atoms with van der Waals surface area (Å²) in [4.78, 5) is 0. The maximum atomic E-state index is 10.7. The predicted molar refractivity (Wildman–Crippen MR) is 82.7 cm³/mol. The molecule has 0 radical (unpaired) electrons. The molecular weight excluding hydrogens is 252 g/mol. The Morgan fingerprint density at radius 1 is 1.26 bits per heavy atom. The smallest absolute Gasteiger partial charge is 0.0637 e. The third-order valence-electron chi connectivity index (χ3n) is 4.98. The largest absolute Gasteiger partial charge is 0.392 e. The first-order valence-electron chi connectivity index (χ1n) is 7.38. The third kappa shape index (κ3) is 2.32. The van der Waals surface area contributed by atoms with Crippen LogP contribution >= 0.6 is 11.3 Å². The molecule has 0 spiro atoms. The van der Waals surface area contributed by atoms with Crippen LogP contribution in [-0.2, 0) is 6.42 Å². The molecule has 1 nitrogen and oxygen atoms in total. The lowest BCUT2D eigenvalue weighted by atomic mass is 9.76. The van der Waals surface area contributed by atoms with Gasteiger partial charge in [0.15, 0.2) is 0 Å². The van der Waals surface area contributed by atoms with Crippen molar-refractivity contribution in [2.75, 3.05) is 0 Å². The summed E-state index contributed by atoms with van der Waals surface area (Å²) < 4.78 is 1.33. The average Bonchev–Trinajstić information content (AvgIpc) is 3.07. The van der Waals surface area contributed by atoms with Crippen LogP contribution in [0.1, 0.15) is 44.6 Å². The van der Waals surface area contributed by atoms with Crippen LogP contribution < -0.4 is 0 Å². The number of aliphatic hydroxyl groups excluding tert-OH is 1. The molecule has 1 atom stereocenters. The summed E-state index contributed by atoms with van der Waals surface area (Å²) in [5.41, 5.74) is 1.51. The van der Waals surface area contributed by atoms with Crippen molar-refractivity contribution in [3.05, 3.63) is 35.2 Å². The van der Waals surface area contributed by atoms with Crippen molar-refractivity contribution in [1.29, 1.82) is 0 Å². The van der Waals surface area contributed by atoms with Gasteiger partial charge in [-0.2, -0.15) is 0 Å². The van der Waals surface area contributed by atoms with Gasteiger partial charge in [-0.15, -0.1) is 11.3 Å². The van der Waals surface area contributed by atoms with Crippen molar-refractivity contribution >= 4 is 21.4 Å². The molecule has 1 aromatic carbocycles. The summed E-state index contributed by atoms with van der Waals surface area (Å²) in [7, 11) is 0. The topological polar surface area (TPSA) is 20.2 Å². The molecule has 1 N–H and O–H groups in total. The molecule has 0 amide bonds. The molecule has 1 aliphatic rings. The summed E-state index contributed by atoms with van der Waals surface area (Å²) in [5.74, 6) is 0. The molecule has 1 aromatic heterocycles. The van der Waals surface area contributed by atoms with Gasteiger partial charge >= 0.3 is 0 Å². The first-order chi connectivity index (χ1) is 9.25. The van der Waals surface area contributed by atoms with Crippen LogP contribution in [0, 0.1) is 5.41 Å². The second kappa shape index (κ2) is 5.26. The lowest BCUT2D eigenvalue weighted by molar-refractivity contribution is 0.0260. The minimum atomic E-state index is -0.182. The minimum Gasteiger partial charge on any atom is -0.392 e. The minimum absolute atomic E-state index is 0.182. The molecule has 1 saturated carbocycles. The fraction of sp³-hybridized carbons (Fsp3) is 0.529. The zero-order valence-corrected chi connectivity index (χ0v) is 12.4. The fourth-order valence-corrected chi connectivity index (χ4v) is 4.59. The average molecular weight is 274 g/mol. The molecule has 2 heteroatoms. The maximum absolute atomic E-state index is 10.7. The van der Waals surface area contributed by atoms with Gasteiger partial charge in [-0.1, -0.05) is 38.0 Å². The number of aliphatic hydroxyl groups is 1. The summed E-state index contributed by atoms with van der Waals surface area (Å²) in [5, 5.41) is 14.3. The van der Waals surface area contributed by atoms with Crippen molar-refractivity contribution in [1.82, 2.24) is 0 Å². The van der Waals surface area contributed by atoms with Crippen molar-refractivity contribution in [3.8, 4) is 0 Å². The summed E-state index contributed by atoms with van der Waals surface area (Å²) in [6.07, 6.45) is 6.72. The van der Waals surface area contributed by atoms with Crippen molar-refractivity contribution in [2.24, 2.45) is 5.41 Å². The Morgan fingerprint density at radius 2 is 2.00 bits per heavy atom. The van der Waals surface area contributed by atoms with Gasteiger partial charge in [-0.05, 0) is 47.1 Å².